The largest absolute Gasteiger partial charge is 0.348 e. The van der Waals surface area contributed by atoms with Gasteiger partial charge < -0.3 is 23.7 Å². The van der Waals surface area contributed by atoms with Crippen LogP contribution in [-0.2, 0) is 38.0 Å². The van der Waals surface area contributed by atoms with Gasteiger partial charge in [0, 0.05) is 0 Å². The lowest BCUT2D eigenvalue weighted by molar-refractivity contribution is -0.230. The molecule has 3 aliphatic heterocycles. The first-order valence-corrected chi connectivity index (χ1v) is 10.8. The SMILES string of the molecule is CC1(C)O[C@H]2O[C@H]([C@H]3COC(C)(C)O3)[C@H](OS(=O)(=O)c3c(F)c(F)c(F)c(F)c3F)[C@H]2O1. The number of hydrogen-bond acceptors (Lipinski definition) is 8. The number of hydrogen-bond donors (Lipinski definition) is 0. The number of fused-ring (bicyclic) bond motifs is 1. The van der Waals surface area contributed by atoms with Crippen LogP contribution < -0.4 is 0 Å². The molecule has 0 amide bonds. The van der Waals surface area contributed by atoms with E-state index in [4.69, 9.17) is 27.9 Å². The molecule has 3 heterocycles. The maximum Gasteiger partial charge on any atom is 0.303 e. The summed E-state index contributed by atoms with van der Waals surface area (Å²) < 4.78 is 127. The minimum absolute atomic E-state index is 0.0665. The van der Waals surface area contributed by atoms with Crippen molar-refractivity contribution in [1.29, 1.82) is 0 Å². The number of benzene rings is 1. The fourth-order valence-electron chi connectivity index (χ4n) is 3.79. The zero-order valence-corrected chi connectivity index (χ0v) is 18.0. The third kappa shape index (κ3) is 3.91. The van der Waals surface area contributed by atoms with Crippen LogP contribution in [0.25, 0.3) is 0 Å². The van der Waals surface area contributed by atoms with Crippen LogP contribution in [-0.4, -0.2) is 57.3 Å². The Kier molecular flexibility index (Phi) is 5.60. The molecular weight excluding hydrogens is 471 g/mol. The molecule has 5 atom stereocenters. The summed E-state index contributed by atoms with van der Waals surface area (Å²) in [5.74, 6) is -14.8. The Balaban J connectivity index is 1.71. The summed E-state index contributed by atoms with van der Waals surface area (Å²) in [7, 11) is -5.54. The number of rotatable bonds is 4. The monoisotopic (exact) mass is 490 g/mol. The molecule has 180 valence electrons. The molecule has 1 aromatic carbocycles. The van der Waals surface area contributed by atoms with Crippen LogP contribution >= 0.6 is 0 Å². The zero-order chi connectivity index (χ0) is 23.8. The molecule has 0 aliphatic carbocycles. The third-order valence-electron chi connectivity index (χ3n) is 5.08. The summed E-state index contributed by atoms with van der Waals surface area (Å²) in [5, 5.41) is 0. The Labute approximate surface area is 179 Å². The van der Waals surface area contributed by atoms with Crippen molar-refractivity contribution in [1.82, 2.24) is 0 Å². The molecule has 1 aromatic rings. The Morgan fingerprint density at radius 3 is 1.91 bits per heavy atom. The van der Waals surface area contributed by atoms with Crippen molar-refractivity contribution in [3.8, 4) is 0 Å². The molecule has 0 bridgehead atoms. The molecule has 0 radical (unpaired) electrons. The topological polar surface area (TPSA) is 89.5 Å². The van der Waals surface area contributed by atoms with E-state index in [0.717, 1.165) is 0 Å². The van der Waals surface area contributed by atoms with Gasteiger partial charge in [-0.15, -0.1) is 0 Å². The smallest absolute Gasteiger partial charge is 0.303 e. The fourth-order valence-corrected chi connectivity index (χ4v) is 5.01. The highest BCUT2D eigenvalue weighted by Gasteiger charge is 2.60. The van der Waals surface area contributed by atoms with Gasteiger partial charge in [-0.05, 0) is 27.7 Å². The number of ether oxygens (including phenoxy) is 5. The molecule has 4 rings (SSSR count). The van der Waals surface area contributed by atoms with E-state index >= 15 is 0 Å². The second-order valence-corrected chi connectivity index (χ2v) is 9.86. The first-order valence-electron chi connectivity index (χ1n) is 9.41. The predicted octanol–water partition coefficient (Wildman–Crippen LogP) is 2.48. The normalized spacial score (nSPS) is 33.6. The quantitative estimate of drug-likeness (QED) is 0.275. The first-order chi connectivity index (χ1) is 14.6. The summed E-state index contributed by atoms with van der Waals surface area (Å²) >= 11 is 0. The highest BCUT2D eigenvalue weighted by molar-refractivity contribution is 7.86. The lowest BCUT2D eigenvalue weighted by atomic mass is 10.1. The molecule has 3 fully saturated rings. The van der Waals surface area contributed by atoms with Crippen LogP contribution in [0.5, 0.6) is 0 Å². The first kappa shape index (κ1) is 23.7. The third-order valence-corrected chi connectivity index (χ3v) is 6.42. The van der Waals surface area contributed by atoms with Gasteiger partial charge in [0.1, 0.15) is 24.4 Å². The van der Waals surface area contributed by atoms with E-state index in [1.54, 1.807) is 13.8 Å². The van der Waals surface area contributed by atoms with Crippen molar-refractivity contribution in [3.05, 3.63) is 29.1 Å². The van der Waals surface area contributed by atoms with E-state index in [9.17, 15) is 30.4 Å². The second kappa shape index (κ2) is 7.55. The maximum absolute atomic E-state index is 14.2. The number of halogens is 5. The minimum atomic E-state index is -5.54. The van der Waals surface area contributed by atoms with Gasteiger partial charge in [0.2, 0.25) is 5.82 Å². The summed E-state index contributed by atoms with van der Waals surface area (Å²) in [6.45, 7) is 6.10. The Bertz CT molecular complexity index is 1020. The van der Waals surface area contributed by atoms with Crippen LogP contribution in [0.1, 0.15) is 27.7 Å². The van der Waals surface area contributed by atoms with Crippen LogP contribution in [0.4, 0.5) is 22.0 Å². The average molecular weight is 490 g/mol. The predicted molar refractivity (Wildman–Crippen MR) is 91.9 cm³/mol. The molecule has 32 heavy (non-hydrogen) atoms. The van der Waals surface area contributed by atoms with Crippen molar-refractivity contribution < 1.29 is 58.2 Å². The van der Waals surface area contributed by atoms with Crippen molar-refractivity contribution in [2.45, 2.75) is 74.9 Å². The van der Waals surface area contributed by atoms with Gasteiger partial charge in [-0.1, -0.05) is 0 Å². The summed E-state index contributed by atoms with van der Waals surface area (Å²) in [6.07, 6.45) is -6.15. The van der Waals surface area contributed by atoms with E-state index < -0.39 is 86.4 Å². The molecule has 0 spiro atoms. The molecule has 8 nitrogen and oxygen atoms in total. The van der Waals surface area contributed by atoms with Crippen LogP contribution in [0.2, 0.25) is 0 Å². The lowest BCUT2D eigenvalue weighted by Gasteiger charge is -2.28. The van der Waals surface area contributed by atoms with Crippen LogP contribution in [0, 0.1) is 29.1 Å². The second-order valence-electron chi connectivity index (χ2n) is 8.35. The van der Waals surface area contributed by atoms with E-state index in [1.165, 1.54) is 13.8 Å². The Morgan fingerprint density at radius 1 is 0.812 bits per heavy atom. The molecule has 3 aliphatic rings. The molecule has 0 aromatic heterocycles. The molecular formula is C18H19F5O8S. The molecule has 0 N–H and O–H groups in total. The Morgan fingerprint density at radius 2 is 1.38 bits per heavy atom. The van der Waals surface area contributed by atoms with Crippen molar-refractivity contribution in [2.24, 2.45) is 0 Å². The van der Waals surface area contributed by atoms with Gasteiger partial charge in [0.15, 0.2) is 46.0 Å². The summed E-state index contributed by atoms with van der Waals surface area (Å²) in [5.41, 5.74) is 0. The van der Waals surface area contributed by atoms with Gasteiger partial charge in [-0.25, -0.2) is 22.0 Å². The highest BCUT2D eigenvalue weighted by atomic mass is 32.2. The van der Waals surface area contributed by atoms with Gasteiger partial charge in [-0.2, -0.15) is 8.42 Å². The van der Waals surface area contributed by atoms with Gasteiger partial charge in [0.25, 0.3) is 0 Å². The Hall–Kier alpha value is -1.42. The summed E-state index contributed by atoms with van der Waals surface area (Å²) in [4.78, 5) is -2.13. The van der Waals surface area contributed by atoms with Gasteiger partial charge >= 0.3 is 10.1 Å². The zero-order valence-electron chi connectivity index (χ0n) is 17.2. The lowest BCUT2D eigenvalue weighted by Crippen LogP contribution is -2.45. The van der Waals surface area contributed by atoms with Crippen LogP contribution in [0.15, 0.2) is 4.90 Å². The average Bonchev–Trinajstić information content (AvgIpc) is 3.28. The highest BCUT2D eigenvalue weighted by Crippen LogP contribution is 2.43. The standard InChI is InChI=1S/C18H19F5O8S/c1-17(2)26-5-6(28-17)12-13(14-16(27-12)30-18(3,4)29-14)31-32(24,25)15-10(22)8(20)7(19)9(21)11(15)23/h6,12-14,16H,5H2,1-4H3/t6-,12-,13+,14-,16-/m1/s1. The maximum atomic E-state index is 14.2. The molecule has 14 heteroatoms. The van der Waals surface area contributed by atoms with Gasteiger partial charge in [-0.3, -0.25) is 4.18 Å². The van der Waals surface area contributed by atoms with E-state index in [2.05, 4.69) is 0 Å². The molecule has 3 saturated heterocycles. The van der Waals surface area contributed by atoms with Crippen molar-refractivity contribution in [2.75, 3.05) is 6.61 Å². The molecule has 0 unspecified atom stereocenters. The van der Waals surface area contributed by atoms with E-state index in [0.29, 0.717) is 0 Å². The van der Waals surface area contributed by atoms with Gasteiger partial charge in [0.05, 0.1) is 6.61 Å². The van der Waals surface area contributed by atoms with E-state index in [1.807, 2.05) is 0 Å². The van der Waals surface area contributed by atoms with Crippen molar-refractivity contribution >= 4 is 10.1 Å². The van der Waals surface area contributed by atoms with Crippen molar-refractivity contribution in [3.63, 3.8) is 0 Å². The molecule has 0 saturated carbocycles. The fraction of sp³-hybridized carbons (Fsp3) is 0.667. The summed E-state index contributed by atoms with van der Waals surface area (Å²) in [6, 6.07) is 0. The van der Waals surface area contributed by atoms with E-state index in [-0.39, 0.29) is 6.61 Å². The minimum Gasteiger partial charge on any atom is -0.348 e. The van der Waals surface area contributed by atoms with Crippen LogP contribution in [0.3, 0.4) is 0 Å².